The number of halogens is 1. The van der Waals surface area contributed by atoms with Gasteiger partial charge < -0.3 is 14.8 Å². The molecule has 0 amide bonds. The van der Waals surface area contributed by atoms with Crippen molar-refractivity contribution < 1.29 is 14.2 Å². The third kappa shape index (κ3) is 7.17. The van der Waals surface area contributed by atoms with Crippen LogP contribution >= 0.6 is 11.3 Å². The Hall–Kier alpha value is -2.13. The van der Waals surface area contributed by atoms with Crippen molar-refractivity contribution in [3.8, 4) is 11.1 Å². The van der Waals surface area contributed by atoms with Crippen molar-refractivity contribution in [1.29, 1.82) is 0 Å². The second kappa shape index (κ2) is 10.9. The van der Waals surface area contributed by atoms with Crippen LogP contribution in [0, 0.1) is 11.7 Å². The van der Waals surface area contributed by atoms with Gasteiger partial charge in [-0.15, -0.1) is 11.3 Å². The van der Waals surface area contributed by atoms with Gasteiger partial charge in [-0.1, -0.05) is 32.0 Å². The SMILES string of the molecule is CC(C)CCN(Cc1nc2scc(-c3ccccc3F)c2c(=O)[nH]1)CC(O)COC(C)(C)C. The van der Waals surface area contributed by atoms with Crippen molar-refractivity contribution in [2.24, 2.45) is 5.92 Å². The lowest BCUT2D eigenvalue weighted by Crippen LogP contribution is -2.38. The van der Waals surface area contributed by atoms with E-state index < -0.39 is 6.10 Å². The average Bonchev–Trinajstić information content (AvgIpc) is 3.14. The number of hydrogen-bond acceptors (Lipinski definition) is 6. The van der Waals surface area contributed by atoms with E-state index in [1.54, 1.807) is 23.6 Å². The number of H-pyrrole nitrogens is 1. The number of ether oxygens (including phenoxy) is 1. The molecule has 8 heteroatoms. The summed E-state index contributed by atoms with van der Waals surface area (Å²) >= 11 is 1.33. The molecule has 1 aromatic carbocycles. The Balaban J connectivity index is 1.82. The van der Waals surface area contributed by atoms with E-state index in [2.05, 4.69) is 28.7 Å². The predicted molar refractivity (Wildman–Crippen MR) is 132 cm³/mol. The van der Waals surface area contributed by atoms with Gasteiger partial charge in [0, 0.05) is 23.1 Å². The van der Waals surface area contributed by atoms with Crippen LogP contribution in [0.1, 0.15) is 46.9 Å². The molecule has 0 saturated heterocycles. The first-order valence-electron chi connectivity index (χ1n) is 11.3. The summed E-state index contributed by atoms with van der Waals surface area (Å²) in [5.74, 6) is 0.666. The number of aromatic nitrogens is 2. The number of aliphatic hydroxyl groups excluding tert-OH is 1. The fourth-order valence-corrected chi connectivity index (χ4v) is 4.49. The van der Waals surface area contributed by atoms with Gasteiger partial charge in [-0.25, -0.2) is 9.37 Å². The smallest absolute Gasteiger partial charge is 0.260 e. The Bertz CT molecular complexity index is 1120. The second-order valence-corrected chi connectivity index (χ2v) is 10.7. The fraction of sp³-hybridized carbons (Fsp3) is 0.520. The number of benzene rings is 1. The van der Waals surface area contributed by atoms with Gasteiger partial charge in [0.1, 0.15) is 16.5 Å². The van der Waals surface area contributed by atoms with E-state index >= 15 is 0 Å². The minimum absolute atomic E-state index is 0.238. The van der Waals surface area contributed by atoms with Crippen LogP contribution in [0.5, 0.6) is 0 Å². The van der Waals surface area contributed by atoms with E-state index in [9.17, 15) is 14.3 Å². The third-order valence-electron chi connectivity index (χ3n) is 5.23. The molecule has 0 fully saturated rings. The summed E-state index contributed by atoms with van der Waals surface area (Å²) in [6, 6.07) is 6.43. The normalized spacial score (nSPS) is 13.4. The summed E-state index contributed by atoms with van der Waals surface area (Å²) in [6.07, 6.45) is 0.302. The number of thiophene rings is 1. The predicted octanol–water partition coefficient (Wildman–Crippen LogP) is 4.81. The Labute approximate surface area is 198 Å². The van der Waals surface area contributed by atoms with Crippen molar-refractivity contribution in [2.45, 2.75) is 59.3 Å². The minimum atomic E-state index is -0.652. The van der Waals surface area contributed by atoms with Gasteiger partial charge in [0.25, 0.3) is 5.56 Å². The standard InChI is InChI=1S/C25H34FN3O3S/c1-16(2)10-11-29(12-17(30)14-32-25(3,4)5)13-21-27-23(31)22-19(15-33-24(22)28-21)18-8-6-7-9-20(18)26/h6-9,15-17,30H,10-14H2,1-5H3,(H,27,28,31). The second-order valence-electron chi connectivity index (χ2n) is 9.82. The molecule has 0 spiro atoms. The first-order chi connectivity index (χ1) is 15.5. The molecule has 2 aromatic heterocycles. The number of hydrogen-bond donors (Lipinski definition) is 2. The molecule has 3 rings (SSSR count). The molecular formula is C25H34FN3O3S. The maximum Gasteiger partial charge on any atom is 0.260 e. The molecule has 0 aliphatic rings. The van der Waals surface area contributed by atoms with Crippen LogP contribution < -0.4 is 5.56 Å². The lowest BCUT2D eigenvalue weighted by Gasteiger charge is -2.27. The molecule has 0 aliphatic heterocycles. The van der Waals surface area contributed by atoms with Gasteiger partial charge in [-0.05, 0) is 45.7 Å². The molecule has 3 aromatic rings. The van der Waals surface area contributed by atoms with Crippen LogP contribution in [0.25, 0.3) is 21.3 Å². The van der Waals surface area contributed by atoms with Crippen LogP contribution in [0.15, 0.2) is 34.4 Å². The third-order valence-corrected chi connectivity index (χ3v) is 6.10. The molecule has 6 nitrogen and oxygen atoms in total. The molecule has 180 valence electrons. The summed E-state index contributed by atoms with van der Waals surface area (Å²) in [6.45, 7) is 12.0. The monoisotopic (exact) mass is 475 g/mol. The zero-order chi connectivity index (χ0) is 24.2. The van der Waals surface area contributed by atoms with E-state index in [1.165, 1.54) is 17.4 Å². The lowest BCUT2D eigenvalue weighted by molar-refractivity contribution is -0.0570. The molecule has 0 bridgehead atoms. The van der Waals surface area contributed by atoms with Crippen molar-refractivity contribution in [3.63, 3.8) is 0 Å². The molecule has 0 aliphatic carbocycles. The van der Waals surface area contributed by atoms with E-state index in [1.807, 2.05) is 20.8 Å². The highest BCUT2D eigenvalue weighted by atomic mass is 32.1. The molecule has 2 N–H and O–H groups in total. The molecular weight excluding hydrogens is 441 g/mol. The van der Waals surface area contributed by atoms with Crippen molar-refractivity contribution in [3.05, 3.63) is 51.6 Å². The first kappa shape index (κ1) is 25.5. The Morgan fingerprint density at radius 1 is 1.24 bits per heavy atom. The largest absolute Gasteiger partial charge is 0.389 e. The van der Waals surface area contributed by atoms with Gasteiger partial charge in [-0.3, -0.25) is 9.69 Å². The van der Waals surface area contributed by atoms with Crippen LogP contribution in [-0.2, 0) is 11.3 Å². The average molecular weight is 476 g/mol. The summed E-state index contributed by atoms with van der Waals surface area (Å²) in [5.41, 5.74) is 0.343. The van der Waals surface area contributed by atoms with Crippen molar-refractivity contribution in [1.82, 2.24) is 14.9 Å². The van der Waals surface area contributed by atoms with Gasteiger partial charge in [0.15, 0.2) is 0 Å². The van der Waals surface area contributed by atoms with Crippen LogP contribution in [0.3, 0.4) is 0 Å². The number of rotatable bonds is 10. The number of fused-ring (bicyclic) bond motifs is 1. The van der Waals surface area contributed by atoms with Crippen LogP contribution in [-0.4, -0.2) is 51.4 Å². The highest BCUT2D eigenvalue weighted by Gasteiger charge is 2.20. The number of aromatic amines is 1. The van der Waals surface area contributed by atoms with Gasteiger partial charge in [-0.2, -0.15) is 0 Å². The van der Waals surface area contributed by atoms with E-state index in [0.29, 0.717) is 46.2 Å². The molecule has 2 heterocycles. The number of aliphatic hydroxyl groups is 1. The topological polar surface area (TPSA) is 78.5 Å². The number of nitrogens with zero attached hydrogens (tertiary/aromatic N) is 2. The maximum atomic E-state index is 14.3. The summed E-state index contributed by atoms with van der Waals surface area (Å²) < 4.78 is 20.0. The zero-order valence-corrected chi connectivity index (χ0v) is 20.8. The molecule has 1 unspecified atom stereocenters. The lowest BCUT2D eigenvalue weighted by atomic mass is 10.1. The first-order valence-corrected chi connectivity index (χ1v) is 12.2. The highest BCUT2D eigenvalue weighted by Crippen LogP contribution is 2.32. The molecule has 33 heavy (non-hydrogen) atoms. The van der Waals surface area contributed by atoms with Gasteiger partial charge >= 0.3 is 0 Å². The molecule has 0 radical (unpaired) electrons. The zero-order valence-electron chi connectivity index (χ0n) is 20.0. The Kier molecular flexibility index (Phi) is 8.39. The van der Waals surface area contributed by atoms with E-state index in [-0.39, 0.29) is 23.6 Å². The Morgan fingerprint density at radius 2 is 1.97 bits per heavy atom. The van der Waals surface area contributed by atoms with Crippen molar-refractivity contribution in [2.75, 3.05) is 19.7 Å². The summed E-state index contributed by atoms with van der Waals surface area (Å²) in [5, 5.41) is 12.7. The van der Waals surface area contributed by atoms with E-state index in [4.69, 9.17) is 4.74 Å². The molecule has 0 saturated carbocycles. The summed E-state index contributed by atoms with van der Waals surface area (Å²) in [7, 11) is 0. The van der Waals surface area contributed by atoms with Crippen molar-refractivity contribution >= 4 is 21.6 Å². The fourth-order valence-electron chi connectivity index (χ4n) is 3.53. The Morgan fingerprint density at radius 3 is 2.64 bits per heavy atom. The highest BCUT2D eigenvalue weighted by molar-refractivity contribution is 7.17. The minimum Gasteiger partial charge on any atom is -0.389 e. The van der Waals surface area contributed by atoms with Crippen LogP contribution in [0.2, 0.25) is 0 Å². The number of nitrogens with one attached hydrogen (secondary N) is 1. The summed E-state index contributed by atoms with van der Waals surface area (Å²) in [4.78, 5) is 23.1. The quantitative estimate of drug-likeness (QED) is 0.440. The van der Waals surface area contributed by atoms with Gasteiger partial charge in [0.2, 0.25) is 0 Å². The van der Waals surface area contributed by atoms with Gasteiger partial charge in [0.05, 0.1) is 30.2 Å². The molecule has 1 atom stereocenters. The van der Waals surface area contributed by atoms with E-state index in [0.717, 1.165) is 13.0 Å². The maximum absolute atomic E-state index is 14.3. The van der Waals surface area contributed by atoms with Crippen LogP contribution in [0.4, 0.5) is 4.39 Å².